The Morgan fingerprint density at radius 2 is 1.91 bits per heavy atom. The summed E-state index contributed by atoms with van der Waals surface area (Å²) in [4.78, 5) is 28.7. The standard InChI is InChI=1S/C25H27N5O4/c1-18-8-3-4-10-20(18)24(25(32)26-13-15-33-2)29(16-19-9-7-14-34-19)23(31)17-30-22-12-6-5-11-21(22)27-28-30/h3-12,14,24H,13,15-17H2,1-2H3,(H,26,32). The van der Waals surface area contributed by atoms with Crippen LogP contribution in [0.4, 0.5) is 0 Å². The molecule has 2 aromatic heterocycles. The van der Waals surface area contributed by atoms with Gasteiger partial charge in [-0.2, -0.15) is 0 Å². The third kappa shape index (κ3) is 5.15. The number of fused-ring (bicyclic) bond motifs is 1. The van der Waals surface area contributed by atoms with Gasteiger partial charge in [-0.3, -0.25) is 9.59 Å². The molecule has 2 aromatic carbocycles. The number of hydrogen-bond acceptors (Lipinski definition) is 6. The molecule has 9 nitrogen and oxygen atoms in total. The summed E-state index contributed by atoms with van der Waals surface area (Å²) in [5.41, 5.74) is 3.07. The highest BCUT2D eigenvalue weighted by Crippen LogP contribution is 2.27. The molecule has 1 atom stereocenters. The predicted octanol–water partition coefficient (Wildman–Crippen LogP) is 2.87. The van der Waals surface area contributed by atoms with Crippen molar-refractivity contribution in [2.45, 2.75) is 26.1 Å². The maximum Gasteiger partial charge on any atom is 0.247 e. The van der Waals surface area contributed by atoms with E-state index in [-0.39, 0.29) is 24.9 Å². The summed E-state index contributed by atoms with van der Waals surface area (Å²) in [6.07, 6.45) is 1.55. The SMILES string of the molecule is COCCNC(=O)C(c1ccccc1C)N(Cc1ccco1)C(=O)Cn1nnc2ccccc21. The van der Waals surface area contributed by atoms with Gasteiger partial charge in [0.2, 0.25) is 11.8 Å². The van der Waals surface area contributed by atoms with Crippen LogP contribution in [0.3, 0.4) is 0 Å². The third-order valence-corrected chi connectivity index (χ3v) is 5.58. The lowest BCUT2D eigenvalue weighted by Gasteiger charge is -2.31. The van der Waals surface area contributed by atoms with Gasteiger partial charge >= 0.3 is 0 Å². The number of furan rings is 1. The molecular weight excluding hydrogens is 434 g/mol. The predicted molar refractivity (Wildman–Crippen MR) is 126 cm³/mol. The van der Waals surface area contributed by atoms with Crippen LogP contribution in [0, 0.1) is 6.92 Å². The van der Waals surface area contributed by atoms with E-state index < -0.39 is 6.04 Å². The number of carbonyl (C=O) groups excluding carboxylic acids is 2. The molecule has 0 aliphatic rings. The average Bonchev–Trinajstić information content (AvgIpc) is 3.50. The van der Waals surface area contributed by atoms with Gasteiger partial charge in [-0.05, 0) is 42.3 Å². The topological polar surface area (TPSA) is 102 Å². The van der Waals surface area contributed by atoms with Crippen LogP contribution in [0.5, 0.6) is 0 Å². The van der Waals surface area contributed by atoms with Gasteiger partial charge in [-0.1, -0.05) is 41.6 Å². The highest BCUT2D eigenvalue weighted by Gasteiger charge is 2.33. The van der Waals surface area contributed by atoms with Crippen molar-refractivity contribution < 1.29 is 18.7 Å². The minimum Gasteiger partial charge on any atom is -0.467 e. The zero-order valence-corrected chi connectivity index (χ0v) is 19.2. The van der Waals surface area contributed by atoms with Crippen molar-refractivity contribution in [1.29, 1.82) is 0 Å². The molecule has 0 radical (unpaired) electrons. The quantitative estimate of drug-likeness (QED) is 0.364. The number of nitrogens with one attached hydrogen (secondary N) is 1. The Hall–Kier alpha value is -3.98. The molecule has 9 heteroatoms. The second-order valence-corrected chi connectivity index (χ2v) is 7.88. The van der Waals surface area contributed by atoms with Crippen LogP contribution in [-0.4, -0.2) is 52.0 Å². The summed E-state index contributed by atoms with van der Waals surface area (Å²) in [5, 5.41) is 11.2. The molecule has 0 fully saturated rings. The fourth-order valence-electron chi connectivity index (χ4n) is 3.86. The van der Waals surface area contributed by atoms with Crippen LogP contribution in [-0.2, 0) is 27.4 Å². The van der Waals surface area contributed by atoms with Crippen molar-refractivity contribution >= 4 is 22.8 Å². The minimum atomic E-state index is -0.870. The van der Waals surface area contributed by atoms with E-state index in [1.54, 1.807) is 30.2 Å². The van der Waals surface area contributed by atoms with E-state index in [1.807, 2.05) is 55.5 Å². The van der Waals surface area contributed by atoms with Crippen LogP contribution in [0.15, 0.2) is 71.3 Å². The highest BCUT2D eigenvalue weighted by atomic mass is 16.5. The van der Waals surface area contributed by atoms with Crippen LogP contribution in [0.1, 0.15) is 22.9 Å². The fourth-order valence-corrected chi connectivity index (χ4v) is 3.86. The third-order valence-electron chi connectivity index (χ3n) is 5.58. The van der Waals surface area contributed by atoms with E-state index in [1.165, 1.54) is 4.90 Å². The van der Waals surface area contributed by atoms with E-state index in [0.29, 0.717) is 24.4 Å². The zero-order valence-electron chi connectivity index (χ0n) is 19.2. The molecule has 34 heavy (non-hydrogen) atoms. The summed E-state index contributed by atoms with van der Waals surface area (Å²) in [6, 6.07) is 17.6. The molecule has 0 bridgehead atoms. The lowest BCUT2D eigenvalue weighted by atomic mass is 9.98. The highest BCUT2D eigenvalue weighted by molar-refractivity contribution is 5.89. The largest absolute Gasteiger partial charge is 0.467 e. The smallest absolute Gasteiger partial charge is 0.247 e. The first kappa shape index (κ1) is 23.2. The van der Waals surface area contributed by atoms with E-state index in [2.05, 4.69) is 15.6 Å². The molecule has 1 N–H and O–H groups in total. The number of carbonyl (C=O) groups is 2. The number of amides is 2. The minimum absolute atomic E-state index is 0.0745. The number of ether oxygens (including phenoxy) is 1. The number of nitrogens with zero attached hydrogens (tertiary/aromatic N) is 4. The summed E-state index contributed by atoms with van der Waals surface area (Å²) in [7, 11) is 1.57. The van der Waals surface area contributed by atoms with Gasteiger partial charge in [0, 0.05) is 13.7 Å². The number of hydrogen-bond donors (Lipinski definition) is 1. The monoisotopic (exact) mass is 461 g/mol. The molecule has 2 amide bonds. The molecule has 4 rings (SSSR count). The second kappa shape index (κ2) is 10.8. The van der Waals surface area contributed by atoms with Crippen molar-refractivity contribution in [3.63, 3.8) is 0 Å². The van der Waals surface area contributed by atoms with Crippen molar-refractivity contribution in [1.82, 2.24) is 25.2 Å². The molecule has 0 aliphatic carbocycles. The van der Waals surface area contributed by atoms with Crippen LogP contribution < -0.4 is 5.32 Å². The van der Waals surface area contributed by atoms with Gasteiger partial charge < -0.3 is 19.4 Å². The molecule has 2 heterocycles. The van der Waals surface area contributed by atoms with Crippen LogP contribution in [0.2, 0.25) is 0 Å². The first-order valence-corrected chi connectivity index (χ1v) is 11.0. The normalized spacial score (nSPS) is 11.9. The second-order valence-electron chi connectivity index (χ2n) is 7.88. The molecule has 1 unspecified atom stereocenters. The van der Waals surface area contributed by atoms with Gasteiger partial charge in [0.25, 0.3) is 0 Å². The lowest BCUT2D eigenvalue weighted by Crippen LogP contribution is -2.45. The van der Waals surface area contributed by atoms with Crippen molar-refractivity contribution in [3.05, 3.63) is 83.8 Å². The summed E-state index contributed by atoms with van der Waals surface area (Å²) in [6.45, 7) is 2.66. The van der Waals surface area contributed by atoms with Gasteiger partial charge in [0.15, 0.2) is 0 Å². The van der Waals surface area contributed by atoms with Crippen molar-refractivity contribution in [2.24, 2.45) is 0 Å². The number of para-hydroxylation sites is 1. The van der Waals surface area contributed by atoms with Gasteiger partial charge in [-0.15, -0.1) is 5.10 Å². The Kier molecular flexibility index (Phi) is 7.34. The summed E-state index contributed by atoms with van der Waals surface area (Å²) < 4.78 is 12.2. The van der Waals surface area contributed by atoms with E-state index in [0.717, 1.165) is 16.6 Å². The Morgan fingerprint density at radius 3 is 2.68 bits per heavy atom. The molecule has 4 aromatic rings. The van der Waals surface area contributed by atoms with Gasteiger partial charge in [0.1, 0.15) is 23.9 Å². The van der Waals surface area contributed by atoms with Gasteiger partial charge in [0.05, 0.1) is 24.9 Å². The number of aromatic nitrogens is 3. The first-order chi connectivity index (χ1) is 16.6. The number of benzene rings is 2. The van der Waals surface area contributed by atoms with E-state index in [4.69, 9.17) is 9.15 Å². The number of rotatable bonds is 10. The number of methoxy groups -OCH3 is 1. The van der Waals surface area contributed by atoms with E-state index in [9.17, 15) is 9.59 Å². The molecule has 0 spiro atoms. The maximum atomic E-state index is 13.7. The lowest BCUT2D eigenvalue weighted by molar-refractivity contribution is -0.142. The zero-order chi connectivity index (χ0) is 23.9. The molecule has 0 saturated carbocycles. The van der Waals surface area contributed by atoms with Crippen molar-refractivity contribution in [2.75, 3.05) is 20.3 Å². The van der Waals surface area contributed by atoms with Crippen LogP contribution >= 0.6 is 0 Å². The molecule has 0 aliphatic heterocycles. The fraction of sp³-hybridized carbons (Fsp3) is 0.280. The Morgan fingerprint density at radius 1 is 1.12 bits per heavy atom. The van der Waals surface area contributed by atoms with Gasteiger partial charge in [-0.25, -0.2) is 4.68 Å². The van der Waals surface area contributed by atoms with Crippen LogP contribution in [0.25, 0.3) is 11.0 Å². The first-order valence-electron chi connectivity index (χ1n) is 11.0. The maximum absolute atomic E-state index is 13.7. The molecule has 0 saturated heterocycles. The Bertz CT molecular complexity index is 1250. The number of aryl methyl sites for hydroxylation is 1. The van der Waals surface area contributed by atoms with E-state index >= 15 is 0 Å². The van der Waals surface area contributed by atoms with Crippen molar-refractivity contribution in [3.8, 4) is 0 Å². The Balaban J connectivity index is 1.71. The molecule has 176 valence electrons. The summed E-state index contributed by atoms with van der Waals surface area (Å²) in [5.74, 6) is -0.0167. The Labute approximate surface area is 197 Å². The average molecular weight is 462 g/mol. The molecular formula is C25H27N5O4. The summed E-state index contributed by atoms with van der Waals surface area (Å²) >= 11 is 0.